The molecule has 1 saturated heterocycles. The summed E-state index contributed by atoms with van der Waals surface area (Å²) in [7, 11) is 0.0210. The van der Waals surface area contributed by atoms with Crippen LogP contribution in [0.25, 0.3) is 0 Å². The number of benzene rings is 2. The van der Waals surface area contributed by atoms with Crippen molar-refractivity contribution in [3.05, 3.63) is 70.2 Å². The zero-order valence-electron chi connectivity index (χ0n) is 21.4. The van der Waals surface area contributed by atoms with E-state index in [0.717, 1.165) is 41.7 Å². The van der Waals surface area contributed by atoms with Crippen molar-refractivity contribution in [2.45, 2.75) is 64.1 Å². The molecule has 5 nitrogen and oxygen atoms in total. The number of amides is 1. The number of carbonyl (C=O) groups excluding carboxylic acids is 1. The number of ether oxygens (including phenoxy) is 1. The van der Waals surface area contributed by atoms with Crippen LogP contribution in [0.1, 0.15) is 44.4 Å². The fraction of sp³-hybridized carbons (Fsp3) is 0.519. The fourth-order valence-electron chi connectivity index (χ4n) is 4.01. The number of halogens is 1. The van der Waals surface area contributed by atoms with E-state index in [-0.39, 0.29) is 29.9 Å². The minimum atomic E-state index is -1.81. The summed E-state index contributed by atoms with van der Waals surface area (Å²) in [6.07, 6.45) is 0.960. The van der Waals surface area contributed by atoms with Gasteiger partial charge in [-0.25, -0.2) is 4.79 Å². The molecule has 7 heteroatoms. The molecule has 0 spiro atoms. The van der Waals surface area contributed by atoms with E-state index in [0.29, 0.717) is 0 Å². The van der Waals surface area contributed by atoms with Gasteiger partial charge >= 0.3 is 6.09 Å². The smallest absolute Gasteiger partial charge is 0.410 e. The zero-order valence-corrected chi connectivity index (χ0v) is 24.0. The molecule has 0 N–H and O–H groups in total. The molecule has 1 amide bonds. The molecule has 186 valence electrons. The molecule has 0 radical (unpaired) electrons. The Morgan fingerprint density at radius 1 is 1.18 bits per heavy atom. The lowest BCUT2D eigenvalue weighted by Crippen LogP contribution is -2.45. The molecule has 1 aliphatic heterocycles. The van der Waals surface area contributed by atoms with Gasteiger partial charge in [0.05, 0.1) is 12.1 Å². The van der Waals surface area contributed by atoms with E-state index in [1.54, 1.807) is 4.90 Å². The van der Waals surface area contributed by atoms with Gasteiger partial charge in [-0.2, -0.15) is 0 Å². The molecule has 2 aromatic rings. The van der Waals surface area contributed by atoms with E-state index in [1.807, 2.05) is 49.5 Å². The van der Waals surface area contributed by atoms with Crippen LogP contribution in [0.4, 0.5) is 4.79 Å². The zero-order chi connectivity index (χ0) is 24.9. The van der Waals surface area contributed by atoms with Crippen LogP contribution in [0.15, 0.2) is 59.1 Å². The molecule has 1 fully saturated rings. The largest absolute Gasteiger partial charge is 0.445 e. The molecule has 0 aromatic heterocycles. The molecule has 1 aliphatic rings. The summed E-state index contributed by atoms with van der Waals surface area (Å²) < 4.78 is 13.3. The lowest BCUT2D eigenvalue weighted by atomic mass is 10.1. The first kappa shape index (κ1) is 26.9. The summed E-state index contributed by atoms with van der Waals surface area (Å²) >= 11 is 3.59. The van der Waals surface area contributed by atoms with Gasteiger partial charge in [-0.1, -0.05) is 79.2 Å². The maximum atomic E-state index is 13.0. The Labute approximate surface area is 214 Å². The summed E-state index contributed by atoms with van der Waals surface area (Å²) in [5, 5.41) is 0.196. The van der Waals surface area contributed by atoms with Crippen LogP contribution in [0.2, 0.25) is 18.1 Å². The third kappa shape index (κ3) is 7.17. The second-order valence-electron chi connectivity index (χ2n) is 10.8. The van der Waals surface area contributed by atoms with E-state index in [9.17, 15) is 4.79 Å². The lowest BCUT2D eigenvalue weighted by Gasteiger charge is -2.38. The highest BCUT2D eigenvalue weighted by atomic mass is 79.9. The standard InChI is InChI=1S/C27H39BrN2O3Si/c1-27(2,3)34(5,6)33-24-15-16-30(18-24)19-25(22-13-10-14-23(28)17-22)29(4)26(31)32-20-21-11-8-7-9-12-21/h7-14,17,24-25H,15-16,18-20H2,1-6H3/t24-,25?/m0/s1. The number of nitrogens with zero attached hydrogens (tertiary/aromatic N) is 2. The Hall–Kier alpha value is -1.67. The molecule has 0 aliphatic carbocycles. The first-order valence-electron chi connectivity index (χ1n) is 12.1. The SMILES string of the molecule is CN(C(=O)OCc1ccccc1)C(CN1CC[C@H](O[Si](C)(C)C(C)(C)C)C1)c1cccc(Br)c1. The predicted molar refractivity (Wildman–Crippen MR) is 144 cm³/mol. The van der Waals surface area contributed by atoms with Crippen molar-refractivity contribution in [3.63, 3.8) is 0 Å². The van der Waals surface area contributed by atoms with Gasteiger partial charge < -0.3 is 14.1 Å². The molecule has 3 rings (SSSR count). The van der Waals surface area contributed by atoms with Gasteiger partial charge in [0.2, 0.25) is 0 Å². The number of likely N-dealkylation sites (tertiary alicyclic amines) is 1. The van der Waals surface area contributed by atoms with Crippen LogP contribution in [-0.4, -0.2) is 57.0 Å². The van der Waals surface area contributed by atoms with Crippen LogP contribution in [0.5, 0.6) is 0 Å². The summed E-state index contributed by atoms with van der Waals surface area (Å²) in [6.45, 7) is 14.3. The topological polar surface area (TPSA) is 42.0 Å². The van der Waals surface area contributed by atoms with Gasteiger partial charge in [-0.3, -0.25) is 4.90 Å². The van der Waals surface area contributed by atoms with Crippen molar-refractivity contribution in [1.82, 2.24) is 9.80 Å². The normalized spacial score (nSPS) is 18.0. The van der Waals surface area contributed by atoms with Crippen LogP contribution in [0, 0.1) is 0 Å². The van der Waals surface area contributed by atoms with E-state index in [4.69, 9.17) is 9.16 Å². The second kappa shape index (κ2) is 11.4. The Morgan fingerprint density at radius 2 is 1.88 bits per heavy atom. The third-order valence-electron chi connectivity index (χ3n) is 7.12. The van der Waals surface area contributed by atoms with Crippen LogP contribution in [-0.2, 0) is 15.8 Å². The van der Waals surface area contributed by atoms with E-state index in [2.05, 4.69) is 66.8 Å². The number of carbonyl (C=O) groups is 1. The Bertz CT molecular complexity index is 948. The van der Waals surface area contributed by atoms with Crippen LogP contribution >= 0.6 is 15.9 Å². The van der Waals surface area contributed by atoms with Crippen molar-refractivity contribution >= 4 is 30.3 Å². The van der Waals surface area contributed by atoms with Gasteiger partial charge in [0.25, 0.3) is 0 Å². The van der Waals surface area contributed by atoms with Crippen molar-refractivity contribution in [2.75, 3.05) is 26.7 Å². The molecule has 34 heavy (non-hydrogen) atoms. The highest BCUT2D eigenvalue weighted by Crippen LogP contribution is 2.38. The number of hydrogen-bond donors (Lipinski definition) is 0. The van der Waals surface area contributed by atoms with Crippen LogP contribution < -0.4 is 0 Å². The molecular formula is C27H39BrN2O3Si. The van der Waals surface area contributed by atoms with Crippen molar-refractivity contribution < 1.29 is 14.0 Å². The van der Waals surface area contributed by atoms with E-state index < -0.39 is 8.32 Å². The Morgan fingerprint density at radius 3 is 2.53 bits per heavy atom. The fourth-order valence-corrected chi connectivity index (χ4v) is 5.81. The monoisotopic (exact) mass is 546 g/mol. The highest BCUT2D eigenvalue weighted by molar-refractivity contribution is 9.10. The number of rotatable bonds is 8. The Balaban J connectivity index is 1.68. The molecule has 0 saturated carbocycles. The molecule has 0 bridgehead atoms. The lowest BCUT2D eigenvalue weighted by molar-refractivity contribution is 0.0819. The minimum Gasteiger partial charge on any atom is -0.445 e. The van der Waals surface area contributed by atoms with Crippen LogP contribution in [0.3, 0.4) is 0 Å². The quantitative estimate of drug-likeness (QED) is 0.339. The minimum absolute atomic E-state index is 0.118. The Kier molecular flexibility index (Phi) is 9.01. The van der Waals surface area contributed by atoms with Gasteiger partial charge in [0.15, 0.2) is 8.32 Å². The van der Waals surface area contributed by atoms with Crippen molar-refractivity contribution in [1.29, 1.82) is 0 Å². The van der Waals surface area contributed by atoms with Gasteiger partial charge in [0, 0.05) is 31.2 Å². The first-order chi connectivity index (χ1) is 16.0. The van der Waals surface area contributed by atoms with E-state index in [1.165, 1.54) is 0 Å². The van der Waals surface area contributed by atoms with Gasteiger partial charge in [0.1, 0.15) is 6.61 Å². The second-order valence-corrected chi connectivity index (χ2v) is 16.4. The van der Waals surface area contributed by atoms with E-state index >= 15 is 0 Å². The van der Waals surface area contributed by atoms with Crippen molar-refractivity contribution in [3.8, 4) is 0 Å². The first-order valence-corrected chi connectivity index (χ1v) is 15.8. The molecule has 2 atom stereocenters. The number of hydrogen-bond acceptors (Lipinski definition) is 4. The summed E-state index contributed by atoms with van der Waals surface area (Å²) in [5.74, 6) is 0. The average Bonchev–Trinajstić information content (AvgIpc) is 3.21. The predicted octanol–water partition coefficient (Wildman–Crippen LogP) is 6.85. The molecular weight excluding hydrogens is 508 g/mol. The summed E-state index contributed by atoms with van der Waals surface area (Å²) in [4.78, 5) is 17.2. The number of likely N-dealkylation sites (N-methyl/N-ethyl adjacent to an activating group) is 1. The highest BCUT2D eigenvalue weighted by Gasteiger charge is 2.41. The van der Waals surface area contributed by atoms with Crippen molar-refractivity contribution in [2.24, 2.45) is 0 Å². The van der Waals surface area contributed by atoms with Gasteiger partial charge in [-0.15, -0.1) is 0 Å². The molecule has 1 heterocycles. The summed E-state index contributed by atoms with van der Waals surface area (Å²) in [5.41, 5.74) is 2.07. The maximum Gasteiger partial charge on any atom is 0.410 e. The molecule has 2 aromatic carbocycles. The molecule has 1 unspecified atom stereocenters. The van der Waals surface area contributed by atoms with Gasteiger partial charge in [-0.05, 0) is 47.8 Å². The maximum absolute atomic E-state index is 13.0. The average molecular weight is 548 g/mol. The third-order valence-corrected chi connectivity index (χ3v) is 12.2. The summed E-state index contributed by atoms with van der Waals surface area (Å²) in [6, 6.07) is 17.9.